The van der Waals surface area contributed by atoms with Crippen LogP contribution in [0.15, 0.2) is 12.1 Å². The molecule has 2 N–H and O–H groups in total. The van der Waals surface area contributed by atoms with Gasteiger partial charge in [0.15, 0.2) is 5.69 Å². The number of carbonyl (C=O) groups excluding carboxylic acids is 1. The number of imidazole rings is 1. The Bertz CT molecular complexity index is 636. The van der Waals surface area contributed by atoms with Crippen molar-refractivity contribution in [1.82, 2.24) is 9.55 Å². The number of aryl methyl sites for hydroxylation is 1. The lowest BCUT2D eigenvalue weighted by molar-refractivity contribution is 0.0595. The molecule has 0 saturated carbocycles. The maximum absolute atomic E-state index is 11.7. The first-order valence-electron chi connectivity index (χ1n) is 6.19. The van der Waals surface area contributed by atoms with E-state index in [1.54, 1.807) is 0 Å². The third kappa shape index (κ3) is 2.53. The van der Waals surface area contributed by atoms with E-state index >= 15 is 0 Å². The molecule has 0 radical (unpaired) electrons. The van der Waals surface area contributed by atoms with E-state index in [0.717, 1.165) is 15.0 Å². The molecule has 2 heterocycles. The second kappa shape index (κ2) is 5.85. The van der Waals surface area contributed by atoms with Crippen LogP contribution in [0.3, 0.4) is 0 Å². The summed E-state index contributed by atoms with van der Waals surface area (Å²) >= 11 is 7.46. The Balaban J connectivity index is 2.50. The molecule has 1 unspecified atom stereocenters. The lowest BCUT2D eigenvalue weighted by atomic mass is 10.2. The molecule has 5 nitrogen and oxygen atoms in total. The van der Waals surface area contributed by atoms with Crippen LogP contribution < -0.4 is 5.73 Å². The van der Waals surface area contributed by atoms with Crippen molar-refractivity contribution < 1.29 is 9.53 Å². The molecule has 2 aromatic heterocycles. The zero-order valence-corrected chi connectivity index (χ0v) is 13.1. The molecule has 0 spiro atoms. The summed E-state index contributed by atoms with van der Waals surface area (Å²) in [6, 6.07) is 3.76. The van der Waals surface area contributed by atoms with E-state index in [-0.39, 0.29) is 11.7 Å². The number of rotatable bonds is 4. The van der Waals surface area contributed by atoms with Gasteiger partial charge in [-0.15, -0.1) is 11.3 Å². The Labute approximate surface area is 126 Å². The molecule has 0 amide bonds. The molecule has 2 rings (SSSR count). The van der Waals surface area contributed by atoms with Gasteiger partial charge in [0, 0.05) is 11.3 Å². The van der Waals surface area contributed by atoms with E-state index in [9.17, 15) is 4.79 Å². The number of nitrogens with two attached hydrogens (primary N) is 1. The standard InChI is InChI=1S/C13H16ClN3O2S/c1-4-10-16-11(13(18)19-3)12(15)17(10)7(2)8-5-6-9(14)20-8/h5-7H,4,15H2,1-3H3. The van der Waals surface area contributed by atoms with Crippen LogP contribution in [0.25, 0.3) is 0 Å². The van der Waals surface area contributed by atoms with Gasteiger partial charge in [0.25, 0.3) is 0 Å². The van der Waals surface area contributed by atoms with E-state index in [1.807, 2.05) is 30.5 Å². The number of ether oxygens (including phenoxy) is 1. The molecule has 7 heteroatoms. The van der Waals surface area contributed by atoms with Crippen LogP contribution in [-0.2, 0) is 11.2 Å². The Morgan fingerprint density at radius 3 is 2.80 bits per heavy atom. The first kappa shape index (κ1) is 14.9. The van der Waals surface area contributed by atoms with Gasteiger partial charge in [-0.3, -0.25) is 0 Å². The number of methoxy groups -OCH3 is 1. The van der Waals surface area contributed by atoms with E-state index in [0.29, 0.717) is 12.2 Å². The van der Waals surface area contributed by atoms with Crippen molar-refractivity contribution in [2.75, 3.05) is 12.8 Å². The summed E-state index contributed by atoms with van der Waals surface area (Å²) in [5, 5.41) is 0. The van der Waals surface area contributed by atoms with Crippen LogP contribution >= 0.6 is 22.9 Å². The Morgan fingerprint density at radius 2 is 2.30 bits per heavy atom. The minimum atomic E-state index is -0.521. The summed E-state index contributed by atoms with van der Waals surface area (Å²) < 4.78 is 7.28. The van der Waals surface area contributed by atoms with Gasteiger partial charge >= 0.3 is 5.97 Å². The SMILES string of the molecule is CCc1nc(C(=O)OC)c(N)n1C(C)c1ccc(Cl)s1. The number of carbonyl (C=O) groups is 1. The van der Waals surface area contributed by atoms with Gasteiger partial charge < -0.3 is 15.0 Å². The predicted octanol–water partition coefficient (Wildman–Crippen LogP) is 3.14. The molecule has 2 aromatic rings. The normalized spacial score (nSPS) is 12.4. The van der Waals surface area contributed by atoms with Gasteiger partial charge in [-0.25, -0.2) is 9.78 Å². The fourth-order valence-corrected chi connectivity index (χ4v) is 3.21. The summed E-state index contributed by atoms with van der Waals surface area (Å²) in [5.74, 6) is 0.554. The number of nitrogen functional groups attached to an aromatic ring is 1. The minimum absolute atomic E-state index is 0.0339. The van der Waals surface area contributed by atoms with Gasteiger partial charge in [-0.05, 0) is 19.1 Å². The number of hydrogen-bond donors (Lipinski definition) is 1. The third-order valence-electron chi connectivity index (χ3n) is 3.11. The highest BCUT2D eigenvalue weighted by molar-refractivity contribution is 7.16. The van der Waals surface area contributed by atoms with Crippen molar-refractivity contribution in [2.45, 2.75) is 26.3 Å². The predicted molar refractivity (Wildman–Crippen MR) is 80.5 cm³/mol. The van der Waals surface area contributed by atoms with E-state index in [1.165, 1.54) is 18.4 Å². The highest BCUT2D eigenvalue weighted by Gasteiger charge is 2.24. The molecule has 0 bridgehead atoms. The second-order valence-corrected chi connectivity index (χ2v) is 6.04. The van der Waals surface area contributed by atoms with Gasteiger partial charge in [0.05, 0.1) is 17.5 Å². The second-order valence-electron chi connectivity index (χ2n) is 4.29. The number of hydrogen-bond acceptors (Lipinski definition) is 5. The lowest BCUT2D eigenvalue weighted by Crippen LogP contribution is -2.13. The van der Waals surface area contributed by atoms with Gasteiger partial charge in [-0.2, -0.15) is 0 Å². The molecule has 1 atom stereocenters. The molecular formula is C13H16ClN3O2S. The monoisotopic (exact) mass is 313 g/mol. The summed E-state index contributed by atoms with van der Waals surface area (Å²) in [6.45, 7) is 3.97. The molecule has 0 aliphatic carbocycles. The molecule has 0 fully saturated rings. The van der Waals surface area contributed by atoms with Crippen molar-refractivity contribution in [3.8, 4) is 0 Å². The van der Waals surface area contributed by atoms with E-state index < -0.39 is 5.97 Å². The first-order valence-corrected chi connectivity index (χ1v) is 7.39. The highest BCUT2D eigenvalue weighted by atomic mass is 35.5. The molecule has 0 aliphatic rings. The van der Waals surface area contributed by atoms with E-state index in [4.69, 9.17) is 22.1 Å². The zero-order valence-electron chi connectivity index (χ0n) is 11.5. The van der Waals surface area contributed by atoms with Gasteiger partial charge in [0.2, 0.25) is 0 Å². The number of nitrogens with zero attached hydrogens (tertiary/aromatic N) is 2. The fraction of sp³-hybridized carbons (Fsp3) is 0.385. The Morgan fingerprint density at radius 1 is 1.60 bits per heavy atom. The molecule has 0 saturated heterocycles. The van der Waals surface area contributed by atoms with Crippen LogP contribution in [-0.4, -0.2) is 22.6 Å². The largest absolute Gasteiger partial charge is 0.464 e. The average Bonchev–Trinajstić information content (AvgIpc) is 3.01. The Hall–Kier alpha value is -1.53. The van der Waals surface area contributed by atoms with Crippen LogP contribution in [0, 0.1) is 0 Å². The van der Waals surface area contributed by atoms with E-state index in [2.05, 4.69) is 4.98 Å². The minimum Gasteiger partial charge on any atom is -0.464 e. The van der Waals surface area contributed by atoms with Crippen molar-refractivity contribution in [2.24, 2.45) is 0 Å². The van der Waals surface area contributed by atoms with Crippen molar-refractivity contribution in [3.05, 3.63) is 32.9 Å². The quantitative estimate of drug-likeness (QED) is 0.880. The van der Waals surface area contributed by atoms with Gasteiger partial charge in [-0.1, -0.05) is 18.5 Å². The Kier molecular flexibility index (Phi) is 4.35. The maximum Gasteiger partial charge on any atom is 0.360 e. The fourth-order valence-electron chi connectivity index (χ4n) is 2.10. The third-order valence-corrected chi connectivity index (χ3v) is 4.51. The summed E-state index contributed by atoms with van der Waals surface area (Å²) in [4.78, 5) is 17.0. The van der Waals surface area contributed by atoms with Crippen LogP contribution in [0.2, 0.25) is 4.34 Å². The van der Waals surface area contributed by atoms with Crippen LogP contribution in [0.5, 0.6) is 0 Å². The smallest absolute Gasteiger partial charge is 0.360 e. The van der Waals surface area contributed by atoms with Crippen molar-refractivity contribution in [3.63, 3.8) is 0 Å². The number of halogens is 1. The number of anilines is 1. The highest BCUT2D eigenvalue weighted by Crippen LogP contribution is 2.32. The summed E-state index contributed by atoms with van der Waals surface area (Å²) in [6.07, 6.45) is 0.671. The topological polar surface area (TPSA) is 70.1 Å². The maximum atomic E-state index is 11.7. The van der Waals surface area contributed by atoms with Crippen LogP contribution in [0.1, 0.15) is 41.1 Å². The molecule has 108 valence electrons. The number of aromatic nitrogens is 2. The van der Waals surface area contributed by atoms with Gasteiger partial charge in [0.1, 0.15) is 11.6 Å². The van der Waals surface area contributed by atoms with Crippen LogP contribution in [0.4, 0.5) is 5.82 Å². The lowest BCUT2D eigenvalue weighted by Gasteiger charge is -2.16. The molecular weight excluding hydrogens is 298 g/mol. The molecule has 0 aliphatic heterocycles. The van der Waals surface area contributed by atoms with Crippen molar-refractivity contribution >= 4 is 34.7 Å². The number of esters is 1. The molecule has 20 heavy (non-hydrogen) atoms. The summed E-state index contributed by atoms with van der Waals surface area (Å²) in [5.41, 5.74) is 6.24. The zero-order chi connectivity index (χ0) is 14.9. The van der Waals surface area contributed by atoms with Crippen molar-refractivity contribution in [1.29, 1.82) is 0 Å². The summed E-state index contributed by atoms with van der Waals surface area (Å²) in [7, 11) is 1.31. The molecule has 0 aromatic carbocycles. The first-order chi connectivity index (χ1) is 9.49. The average molecular weight is 314 g/mol. The number of thiophene rings is 1.